The lowest BCUT2D eigenvalue weighted by molar-refractivity contribution is -0.168. The van der Waals surface area contributed by atoms with E-state index in [4.69, 9.17) is 21.1 Å². The van der Waals surface area contributed by atoms with Crippen LogP contribution < -0.4 is 0 Å². The summed E-state index contributed by atoms with van der Waals surface area (Å²) >= 11 is 5.24. The van der Waals surface area contributed by atoms with E-state index in [-0.39, 0.29) is 19.4 Å². The van der Waals surface area contributed by atoms with Crippen molar-refractivity contribution >= 4 is 28.8 Å². The minimum atomic E-state index is -1.23. The zero-order chi connectivity index (χ0) is 15.4. The third-order valence-corrected chi connectivity index (χ3v) is 2.73. The fourth-order valence-corrected chi connectivity index (χ4v) is 1.68. The van der Waals surface area contributed by atoms with E-state index >= 15 is 0 Å². The summed E-state index contributed by atoms with van der Waals surface area (Å²) in [6.45, 7) is 4.16. The highest BCUT2D eigenvalue weighted by molar-refractivity contribution is 6.63. The van der Waals surface area contributed by atoms with Crippen LogP contribution in [0.1, 0.15) is 58.8 Å². The fourth-order valence-electron chi connectivity index (χ4n) is 1.54. The quantitative estimate of drug-likeness (QED) is 0.333. The summed E-state index contributed by atoms with van der Waals surface area (Å²) < 4.78 is 9.93. The van der Waals surface area contributed by atoms with Gasteiger partial charge in [-0.25, -0.2) is 4.79 Å². The number of carbonyl (C=O) groups is 3. The molecule has 0 aliphatic carbocycles. The number of carbonyl (C=O) groups excluding carboxylic acids is 3. The Labute approximate surface area is 124 Å². The summed E-state index contributed by atoms with van der Waals surface area (Å²) in [5, 5.41) is -0.734. The normalized spacial score (nSPS) is 11.8. The first-order valence-electron chi connectivity index (χ1n) is 7.05. The second-order valence-corrected chi connectivity index (χ2v) is 4.94. The van der Waals surface area contributed by atoms with Gasteiger partial charge in [-0.2, -0.15) is 0 Å². The van der Waals surface area contributed by atoms with E-state index in [1.165, 1.54) is 0 Å². The molecule has 0 aromatic heterocycles. The zero-order valence-corrected chi connectivity index (χ0v) is 12.9. The van der Waals surface area contributed by atoms with Gasteiger partial charge in [0.15, 0.2) is 0 Å². The number of hydrogen-bond donors (Lipinski definition) is 0. The molecule has 0 fully saturated rings. The summed E-state index contributed by atoms with van der Waals surface area (Å²) in [6, 6.07) is 0. The molecule has 0 aliphatic heterocycles. The fraction of sp³-hybridized carbons (Fsp3) is 0.786. The number of halogens is 1. The standard InChI is InChI=1S/C14H23ClO5/c1-3-5-6-7-9-19-14(18)11(10-12(15)16)20-13(17)8-4-2/h11H,3-10H2,1-2H3/t11-/m0/s1. The molecule has 20 heavy (non-hydrogen) atoms. The van der Waals surface area contributed by atoms with E-state index < -0.39 is 23.3 Å². The van der Waals surface area contributed by atoms with Crippen LogP contribution in [-0.2, 0) is 23.9 Å². The number of hydrogen-bond acceptors (Lipinski definition) is 5. The Hall–Kier alpha value is -1.10. The first-order valence-corrected chi connectivity index (χ1v) is 7.43. The van der Waals surface area contributed by atoms with E-state index in [1.54, 1.807) is 0 Å². The van der Waals surface area contributed by atoms with E-state index in [0.717, 1.165) is 25.7 Å². The molecular weight excluding hydrogens is 284 g/mol. The van der Waals surface area contributed by atoms with Crippen LogP contribution in [0, 0.1) is 0 Å². The van der Waals surface area contributed by atoms with Crippen molar-refractivity contribution in [2.75, 3.05) is 6.61 Å². The highest BCUT2D eigenvalue weighted by Gasteiger charge is 2.26. The molecule has 0 heterocycles. The van der Waals surface area contributed by atoms with Crippen molar-refractivity contribution in [3.8, 4) is 0 Å². The summed E-state index contributed by atoms with van der Waals surface area (Å²) in [5.74, 6) is -1.24. The highest BCUT2D eigenvalue weighted by Crippen LogP contribution is 2.08. The van der Waals surface area contributed by atoms with Gasteiger partial charge >= 0.3 is 11.9 Å². The Morgan fingerprint density at radius 3 is 2.30 bits per heavy atom. The molecule has 0 rings (SSSR count). The molecule has 0 spiro atoms. The molecule has 6 heteroatoms. The van der Waals surface area contributed by atoms with E-state index in [9.17, 15) is 14.4 Å². The Morgan fingerprint density at radius 1 is 1.05 bits per heavy atom. The van der Waals surface area contributed by atoms with Gasteiger partial charge in [0.2, 0.25) is 11.3 Å². The van der Waals surface area contributed by atoms with Gasteiger partial charge in [0, 0.05) is 6.42 Å². The minimum absolute atomic E-state index is 0.191. The maximum atomic E-state index is 11.7. The van der Waals surface area contributed by atoms with Gasteiger partial charge in [0.05, 0.1) is 13.0 Å². The molecule has 0 amide bonds. The predicted octanol–water partition coefficient (Wildman–Crippen LogP) is 2.98. The zero-order valence-electron chi connectivity index (χ0n) is 12.2. The summed E-state index contributed by atoms with van der Waals surface area (Å²) in [4.78, 5) is 34.0. The van der Waals surface area contributed by atoms with Crippen molar-refractivity contribution in [3.05, 3.63) is 0 Å². The number of rotatable bonds is 11. The van der Waals surface area contributed by atoms with Gasteiger partial charge in [0.1, 0.15) is 0 Å². The molecule has 0 aromatic rings. The largest absolute Gasteiger partial charge is 0.463 e. The molecule has 5 nitrogen and oxygen atoms in total. The Morgan fingerprint density at radius 2 is 1.75 bits per heavy atom. The second-order valence-electron chi connectivity index (χ2n) is 4.52. The molecule has 1 atom stereocenters. The van der Waals surface area contributed by atoms with Crippen molar-refractivity contribution in [1.82, 2.24) is 0 Å². The van der Waals surface area contributed by atoms with Crippen molar-refractivity contribution < 1.29 is 23.9 Å². The Kier molecular flexibility index (Phi) is 11.1. The van der Waals surface area contributed by atoms with Crippen LogP contribution >= 0.6 is 11.6 Å². The van der Waals surface area contributed by atoms with Crippen molar-refractivity contribution in [1.29, 1.82) is 0 Å². The minimum Gasteiger partial charge on any atom is -0.463 e. The van der Waals surface area contributed by atoms with Crippen molar-refractivity contribution in [2.45, 2.75) is 64.9 Å². The van der Waals surface area contributed by atoms with Crippen molar-refractivity contribution in [2.24, 2.45) is 0 Å². The molecule has 0 bridgehead atoms. The van der Waals surface area contributed by atoms with Gasteiger partial charge in [-0.1, -0.05) is 33.1 Å². The number of unbranched alkanes of at least 4 members (excludes halogenated alkanes) is 3. The van der Waals surface area contributed by atoms with Gasteiger partial charge in [-0.3, -0.25) is 9.59 Å². The molecule has 0 aromatic carbocycles. The number of ether oxygens (including phenoxy) is 2. The Bertz CT molecular complexity index is 317. The molecule has 0 saturated heterocycles. The van der Waals surface area contributed by atoms with Gasteiger partial charge < -0.3 is 9.47 Å². The number of esters is 2. The SMILES string of the molecule is CCCCCCOC(=O)[C@H](CC(=O)Cl)OC(=O)CCC. The second kappa shape index (κ2) is 11.7. The lowest BCUT2D eigenvalue weighted by atomic mass is 10.2. The van der Waals surface area contributed by atoms with Crippen LogP contribution in [0.5, 0.6) is 0 Å². The van der Waals surface area contributed by atoms with Crippen LogP contribution in [0.2, 0.25) is 0 Å². The molecule has 0 radical (unpaired) electrons. The lowest BCUT2D eigenvalue weighted by Gasteiger charge is -2.15. The van der Waals surface area contributed by atoms with Crippen LogP contribution in [-0.4, -0.2) is 29.9 Å². The maximum absolute atomic E-state index is 11.7. The van der Waals surface area contributed by atoms with E-state index in [1.807, 2.05) is 6.92 Å². The summed E-state index contributed by atoms with van der Waals surface area (Å²) in [5.41, 5.74) is 0. The lowest BCUT2D eigenvalue weighted by Crippen LogP contribution is -2.31. The molecular formula is C14H23ClO5. The first kappa shape index (κ1) is 18.9. The average Bonchev–Trinajstić information content (AvgIpc) is 2.37. The van der Waals surface area contributed by atoms with E-state index in [0.29, 0.717) is 6.42 Å². The predicted molar refractivity (Wildman–Crippen MR) is 75.4 cm³/mol. The van der Waals surface area contributed by atoms with Crippen LogP contribution in [0.25, 0.3) is 0 Å². The molecule has 0 saturated carbocycles. The molecule has 0 N–H and O–H groups in total. The molecule has 0 aliphatic rings. The van der Waals surface area contributed by atoms with Crippen molar-refractivity contribution in [3.63, 3.8) is 0 Å². The summed E-state index contributed by atoms with van der Waals surface area (Å²) in [7, 11) is 0. The third kappa shape index (κ3) is 9.78. The third-order valence-electron chi connectivity index (χ3n) is 2.58. The van der Waals surface area contributed by atoms with E-state index in [2.05, 4.69) is 6.92 Å². The van der Waals surface area contributed by atoms with Crippen LogP contribution in [0.4, 0.5) is 0 Å². The summed E-state index contributed by atoms with van der Waals surface area (Å²) in [6.07, 6.45) is 3.10. The monoisotopic (exact) mass is 306 g/mol. The molecule has 0 unspecified atom stereocenters. The smallest absolute Gasteiger partial charge is 0.347 e. The highest BCUT2D eigenvalue weighted by atomic mass is 35.5. The average molecular weight is 307 g/mol. The van der Waals surface area contributed by atoms with Gasteiger partial charge in [-0.15, -0.1) is 0 Å². The van der Waals surface area contributed by atoms with Gasteiger partial charge in [-0.05, 0) is 24.4 Å². The van der Waals surface area contributed by atoms with Crippen LogP contribution in [0.15, 0.2) is 0 Å². The van der Waals surface area contributed by atoms with Crippen LogP contribution in [0.3, 0.4) is 0 Å². The Balaban J connectivity index is 4.20. The maximum Gasteiger partial charge on any atom is 0.347 e. The van der Waals surface area contributed by atoms with Gasteiger partial charge in [0.25, 0.3) is 0 Å². The topological polar surface area (TPSA) is 69.7 Å². The molecule has 116 valence electrons. The first-order chi connectivity index (χ1) is 9.51.